The summed E-state index contributed by atoms with van der Waals surface area (Å²) in [5.41, 5.74) is 1.55. The highest BCUT2D eigenvalue weighted by Crippen LogP contribution is 2.17. The van der Waals surface area contributed by atoms with Crippen molar-refractivity contribution in [2.45, 2.75) is 6.92 Å². The lowest BCUT2D eigenvalue weighted by Crippen LogP contribution is -2.16. The number of nitrogens with zero attached hydrogens (tertiary/aromatic N) is 3. The van der Waals surface area contributed by atoms with Gasteiger partial charge >= 0.3 is 0 Å². The Morgan fingerprint density at radius 3 is 2.86 bits per heavy atom. The van der Waals surface area contributed by atoms with Gasteiger partial charge < -0.3 is 5.32 Å². The van der Waals surface area contributed by atoms with Crippen LogP contribution in [0.4, 0.5) is 10.2 Å². The fourth-order valence-corrected chi connectivity index (χ4v) is 2.20. The van der Waals surface area contributed by atoms with Crippen LogP contribution < -0.4 is 5.32 Å². The van der Waals surface area contributed by atoms with Crippen LogP contribution in [0, 0.1) is 12.7 Å². The number of pyridine rings is 2. The van der Waals surface area contributed by atoms with E-state index in [1.807, 2.05) is 0 Å². The van der Waals surface area contributed by atoms with Crippen molar-refractivity contribution in [1.29, 1.82) is 0 Å². The number of carbonyl (C=O) groups is 1. The van der Waals surface area contributed by atoms with Crippen molar-refractivity contribution < 1.29 is 9.18 Å². The molecule has 3 aromatic heterocycles. The number of nitrogens with one attached hydrogen (secondary N) is 1. The summed E-state index contributed by atoms with van der Waals surface area (Å²) < 4.78 is 14.4. The van der Waals surface area contributed by atoms with Gasteiger partial charge in [-0.15, -0.1) is 0 Å². The van der Waals surface area contributed by atoms with Gasteiger partial charge in [0.15, 0.2) is 0 Å². The first kappa shape index (κ1) is 13.5. The van der Waals surface area contributed by atoms with Crippen LogP contribution in [-0.4, -0.2) is 20.3 Å². The lowest BCUT2D eigenvalue weighted by Gasteiger charge is -2.05. The van der Waals surface area contributed by atoms with Crippen molar-refractivity contribution in [3.8, 4) is 0 Å². The topological polar surface area (TPSA) is 59.3 Å². The molecule has 5 nitrogen and oxygen atoms in total. The van der Waals surface area contributed by atoms with Gasteiger partial charge in [0.25, 0.3) is 5.91 Å². The van der Waals surface area contributed by atoms with Crippen molar-refractivity contribution in [3.63, 3.8) is 0 Å². The maximum Gasteiger partial charge on any atom is 0.275 e. The highest BCUT2D eigenvalue weighted by atomic mass is 35.5. The molecule has 0 saturated heterocycles. The Labute approximate surface area is 124 Å². The Kier molecular flexibility index (Phi) is 3.31. The molecule has 0 radical (unpaired) electrons. The Morgan fingerprint density at radius 2 is 2.14 bits per heavy atom. The summed E-state index contributed by atoms with van der Waals surface area (Å²) in [5, 5.41) is 3.10. The molecule has 7 heteroatoms. The van der Waals surface area contributed by atoms with E-state index in [1.54, 1.807) is 29.7 Å². The van der Waals surface area contributed by atoms with E-state index in [-0.39, 0.29) is 11.7 Å². The van der Waals surface area contributed by atoms with Crippen molar-refractivity contribution in [1.82, 2.24) is 14.4 Å². The van der Waals surface area contributed by atoms with Gasteiger partial charge in [-0.25, -0.2) is 14.4 Å². The summed E-state index contributed by atoms with van der Waals surface area (Å²) in [5.74, 6) is -0.593. The van der Waals surface area contributed by atoms with Gasteiger partial charge in [0.05, 0.1) is 16.9 Å². The minimum Gasteiger partial charge on any atom is -0.305 e. The second-order valence-corrected chi connectivity index (χ2v) is 4.87. The van der Waals surface area contributed by atoms with E-state index in [9.17, 15) is 9.18 Å². The van der Waals surface area contributed by atoms with Crippen molar-refractivity contribution in [3.05, 3.63) is 58.9 Å². The van der Waals surface area contributed by atoms with Crippen LogP contribution in [0.5, 0.6) is 0 Å². The highest BCUT2D eigenvalue weighted by Gasteiger charge is 2.17. The maximum absolute atomic E-state index is 12.8. The van der Waals surface area contributed by atoms with Crippen LogP contribution in [0.1, 0.15) is 16.2 Å². The van der Waals surface area contributed by atoms with Crippen LogP contribution in [-0.2, 0) is 0 Å². The van der Waals surface area contributed by atoms with Crippen LogP contribution in [0.25, 0.3) is 5.65 Å². The average Bonchev–Trinajstić information content (AvgIpc) is 2.76. The normalized spacial score (nSPS) is 10.8. The number of aryl methyl sites for hydroxylation is 1. The van der Waals surface area contributed by atoms with Gasteiger partial charge in [-0.2, -0.15) is 0 Å². The van der Waals surface area contributed by atoms with Gasteiger partial charge in [0, 0.05) is 6.20 Å². The molecule has 0 aromatic carbocycles. The predicted molar refractivity (Wildman–Crippen MR) is 77.1 cm³/mol. The van der Waals surface area contributed by atoms with Crippen molar-refractivity contribution in [2.75, 3.05) is 5.32 Å². The minimum absolute atomic E-state index is 0.262. The van der Waals surface area contributed by atoms with E-state index in [4.69, 9.17) is 11.6 Å². The summed E-state index contributed by atoms with van der Waals surface area (Å²) in [4.78, 5) is 20.4. The van der Waals surface area contributed by atoms with Gasteiger partial charge in [0.2, 0.25) is 0 Å². The Bertz CT molecular complexity index is 829. The molecule has 3 rings (SSSR count). The molecule has 0 atom stereocenters. The molecule has 0 spiro atoms. The van der Waals surface area contributed by atoms with Crippen LogP contribution in [0.3, 0.4) is 0 Å². The Morgan fingerprint density at radius 1 is 1.33 bits per heavy atom. The predicted octanol–water partition coefficient (Wildman–Crippen LogP) is 3.08. The number of aromatic nitrogens is 3. The lowest BCUT2D eigenvalue weighted by molar-refractivity contribution is 0.102. The lowest BCUT2D eigenvalue weighted by atomic mass is 10.3. The van der Waals surface area contributed by atoms with E-state index in [0.29, 0.717) is 22.1 Å². The second kappa shape index (κ2) is 5.14. The zero-order valence-corrected chi connectivity index (χ0v) is 11.7. The third-order valence-corrected chi connectivity index (χ3v) is 3.16. The summed E-state index contributed by atoms with van der Waals surface area (Å²) in [6.07, 6.45) is 2.65. The molecule has 0 aliphatic carbocycles. The van der Waals surface area contributed by atoms with E-state index >= 15 is 0 Å². The Hall–Kier alpha value is -2.47. The molecule has 0 unspecified atom stereocenters. The van der Waals surface area contributed by atoms with E-state index in [2.05, 4.69) is 15.3 Å². The number of carbonyl (C=O) groups excluding carboxylic acids is 1. The van der Waals surface area contributed by atoms with E-state index < -0.39 is 5.82 Å². The number of imidazole rings is 1. The molecule has 106 valence electrons. The first-order valence-corrected chi connectivity index (χ1v) is 6.49. The molecule has 1 amide bonds. The standard InChI is InChI=1S/C14H10ClFN4O/c1-8-13(20-7-9(15)2-5-12(20)18-8)14(21)19-11-4-3-10(16)6-17-11/h2-7H,1H3,(H,17,19,21). The van der Waals surface area contributed by atoms with Crippen LogP contribution >= 0.6 is 11.6 Å². The fourth-order valence-electron chi connectivity index (χ4n) is 2.04. The molecule has 3 heterocycles. The molecule has 21 heavy (non-hydrogen) atoms. The average molecular weight is 305 g/mol. The largest absolute Gasteiger partial charge is 0.305 e. The van der Waals surface area contributed by atoms with Crippen molar-refractivity contribution >= 4 is 29.0 Å². The molecule has 0 fully saturated rings. The zero-order valence-electron chi connectivity index (χ0n) is 11.0. The van der Waals surface area contributed by atoms with E-state index in [1.165, 1.54) is 12.1 Å². The number of hydrogen-bond donors (Lipinski definition) is 1. The monoisotopic (exact) mass is 304 g/mol. The van der Waals surface area contributed by atoms with Gasteiger partial charge in [-0.05, 0) is 31.2 Å². The second-order valence-electron chi connectivity index (χ2n) is 4.44. The number of rotatable bonds is 2. The third-order valence-electron chi connectivity index (χ3n) is 2.94. The number of fused-ring (bicyclic) bond motifs is 1. The number of amides is 1. The maximum atomic E-state index is 12.8. The number of hydrogen-bond acceptors (Lipinski definition) is 3. The third kappa shape index (κ3) is 2.57. The molecule has 0 bridgehead atoms. The molecule has 0 aliphatic rings. The molecular weight excluding hydrogens is 295 g/mol. The quantitative estimate of drug-likeness (QED) is 0.791. The number of halogens is 2. The first-order valence-electron chi connectivity index (χ1n) is 6.12. The van der Waals surface area contributed by atoms with Gasteiger partial charge in [-0.1, -0.05) is 11.6 Å². The first-order chi connectivity index (χ1) is 10.0. The summed E-state index contributed by atoms with van der Waals surface area (Å²) >= 11 is 5.95. The van der Waals surface area contributed by atoms with E-state index in [0.717, 1.165) is 6.20 Å². The summed E-state index contributed by atoms with van der Waals surface area (Å²) in [6.45, 7) is 1.73. The van der Waals surface area contributed by atoms with Crippen molar-refractivity contribution in [2.24, 2.45) is 0 Å². The highest BCUT2D eigenvalue weighted by molar-refractivity contribution is 6.30. The molecular formula is C14H10ClFN4O. The summed E-state index contributed by atoms with van der Waals surface area (Å²) in [6, 6.07) is 6.04. The smallest absolute Gasteiger partial charge is 0.275 e. The molecule has 0 aliphatic heterocycles. The molecule has 3 aromatic rings. The molecule has 1 N–H and O–H groups in total. The summed E-state index contributed by atoms with van der Waals surface area (Å²) in [7, 11) is 0. The van der Waals surface area contributed by atoms with Gasteiger partial charge in [-0.3, -0.25) is 9.20 Å². The minimum atomic E-state index is -0.467. The number of anilines is 1. The van der Waals surface area contributed by atoms with Crippen LogP contribution in [0.15, 0.2) is 36.7 Å². The SMILES string of the molecule is Cc1nc2ccc(Cl)cn2c1C(=O)Nc1ccc(F)cn1. The zero-order chi connectivity index (χ0) is 15.0. The van der Waals surface area contributed by atoms with Gasteiger partial charge in [0.1, 0.15) is 23.0 Å². The fraction of sp³-hybridized carbons (Fsp3) is 0.0714. The Balaban J connectivity index is 1.99. The van der Waals surface area contributed by atoms with Crippen LogP contribution in [0.2, 0.25) is 5.02 Å². The molecule has 0 saturated carbocycles.